The van der Waals surface area contributed by atoms with Crippen LogP contribution in [0.4, 0.5) is 0 Å². The molecule has 6 aliphatic carbocycles. The van der Waals surface area contributed by atoms with E-state index in [0.29, 0.717) is 35.5 Å². The lowest BCUT2D eigenvalue weighted by molar-refractivity contribution is -0.167. The molecule has 10 atom stereocenters. The summed E-state index contributed by atoms with van der Waals surface area (Å²) in [6.45, 7) is 16.0. The van der Waals surface area contributed by atoms with E-state index in [1.165, 1.54) is 26.2 Å². The summed E-state index contributed by atoms with van der Waals surface area (Å²) >= 11 is 0. The summed E-state index contributed by atoms with van der Waals surface area (Å²) in [6, 6.07) is 9.95. The monoisotopic (exact) mass is 568 g/mol. The lowest BCUT2D eigenvalue weighted by atomic mass is 9.32. The Kier molecular flexibility index (Phi) is 7.30. The van der Waals surface area contributed by atoms with E-state index < -0.39 is 0 Å². The lowest BCUT2D eigenvalue weighted by Crippen LogP contribution is -2.65. The zero-order valence-electron chi connectivity index (χ0n) is 27.0. The van der Waals surface area contributed by atoms with Crippen molar-refractivity contribution in [2.45, 2.75) is 99.5 Å². The predicted octanol–water partition coefficient (Wildman–Crippen LogP) is 9.40. The van der Waals surface area contributed by atoms with Crippen LogP contribution in [0.3, 0.4) is 0 Å². The molecule has 0 aliphatic heterocycles. The Balaban J connectivity index is 1.44. The Hall–Kier alpha value is -2.42. The van der Waals surface area contributed by atoms with Crippen LogP contribution in [0.2, 0.25) is 0 Å². The van der Waals surface area contributed by atoms with Gasteiger partial charge in [0.1, 0.15) is 6.10 Å². The molecule has 2 bridgehead atoms. The molecular weight excluding hydrogens is 516 g/mol. The molecule has 42 heavy (non-hydrogen) atoms. The van der Waals surface area contributed by atoms with Crippen LogP contribution in [-0.2, 0) is 9.53 Å². The average Bonchev–Trinajstić information content (AvgIpc) is 3.33. The Morgan fingerprint density at radius 3 is 2.33 bits per heavy atom. The van der Waals surface area contributed by atoms with E-state index in [-0.39, 0.29) is 39.5 Å². The number of ether oxygens (including phenoxy) is 1. The zero-order valence-corrected chi connectivity index (χ0v) is 27.0. The minimum atomic E-state index is -0.258. The molecule has 0 aromatic heterocycles. The van der Waals surface area contributed by atoms with Crippen LogP contribution < -0.4 is 0 Å². The molecule has 3 saturated carbocycles. The minimum absolute atomic E-state index is 0.0521. The van der Waals surface area contributed by atoms with Gasteiger partial charge in [0, 0.05) is 28.9 Å². The molecule has 0 amide bonds. The Morgan fingerprint density at radius 1 is 0.905 bits per heavy atom. The Bertz CT molecular complexity index is 1320. The maximum absolute atomic E-state index is 14.6. The van der Waals surface area contributed by atoms with Crippen LogP contribution in [0.1, 0.15) is 104 Å². The molecule has 2 spiro atoms. The number of benzene rings is 1. The summed E-state index contributed by atoms with van der Waals surface area (Å²) < 4.78 is 5.83. The third-order valence-corrected chi connectivity index (χ3v) is 13.5. The molecule has 1 aromatic rings. The predicted molar refractivity (Wildman–Crippen MR) is 170 cm³/mol. The maximum atomic E-state index is 14.6. The fourth-order valence-corrected chi connectivity index (χ4v) is 10.9. The quantitative estimate of drug-likeness (QED) is 0.187. The number of carbonyl (C=O) groups excluding carboxylic acids is 2. The average molecular weight is 569 g/mol. The van der Waals surface area contributed by atoms with Gasteiger partial charge in [-0.25, -0.2) is 0 Å². The van der Waals surface area contributed by atoms with Gasteiger partial charge in [0.15, 0.2) is 5.78 Å². The third kappa shape index (κ3) is 4.19. The smallest absolute Gasteiger partial charge is 0.302 e. The number of ketones is 1. The first kappa shape index (κ1) is 29.6. The van der Waals surface area contributed by atoms with Gasteiger partial charge in [-0.05, 0) is 91.3 Å². The van der Waals surface area contributed by atoms with E-state index in [1.54, 1.807) is 0 Å². The van der Waals surface area contributed by atoms with Crippen LogP contribution in [0.25, 0.3) is 0 Å². The summed E-state index contributed by atoms with van der Waals surface area (Å²) in [5.41, 5.74) is 1.57. The molecule has 0 saturated heterocycles. The van der Waals surface area contributed by atoms with Crippen molar-refractivity contribution in [2.75, 3.05) is 0 Å². The fourth-order valence-electron chi connectivity index (χ4n) is 10.9. The second kappa shape index (κ2) is 10.3. The topological polar surface area (TPSA) is 43.4 Å². The molecule has 3 heteroatoms. The number of allylic oxidation sites excluding steroid dienone is 6. The van der Waals surface area contributed by atoms with Crippen molar-refractivity contribution in [2.24, 2.45) is 57.2 Å². The fraction of sp³-hybridized carbons (Fsp3) is 0.641. The maximum Gasteiger partial charge on any atom is 0.302 e. The number of hydrogen-bond donors (Lipinski definition) is 0. The first-order valence-corrected chi connectivity index (χ1v) is 16.8. The molecule has 1 aromatic carbocycles. The van der Waals surface area contributed by atoms with E-state index in [0.717, 1.165) is 36.8 Å². The van der Waals surface area contributed by atoms with E-state index in [4.69, 9.17) is 4.74 Å². The highest BCUT2D eigenvalue weighted by atomic mass is 16.5. The molecule has 226 valence electrons. The van der Waals surface area contributed by atoms with Gasteiger partial charge in [-0.15, -0.1) is 0 Å². The second-order valence-electron chi connectivity index (χ2n) is 15.6. The van der Waals surface area contributed by atoms with Crippen LogP contribution in [0.5, 0.6) is 0 Å². The summed E-state index contributed by atoms with van der Waals surface area (Å²) in [5.74, 6) is 3.25. The van der Waals surface area contributed by atoms with Crippen molar-refractivity contribution in [3.05, 3.63) is 71.8 Å². The first-order chi connectivity index (χ1) is 19.9. The molecule has 3 fully saturated rings. The summed E-state index contributed by atoms with van der Waals surface area (Å²) in [6.07, 6.45) is 19.8. The van der Waals surface area contributed by atoms with Gasteiger partial charge >= 0.3 is 5.97 Å². The normalized spacial score (nSPS) is 41.6. The van der Waals surface area contributed by atoms with Crippen molar-refractivity contribution in [1.82, 2.24) is 0 Å². The molecule has 0 radical (unpaired) electrons. The van der Waals surface area contributed by atoms with E-state index in [2.05, 4.69) is 71.9 Å². The molecule has 6 aliphatic rings. The van der Waals surface area contributed by atoms with Crippen LogP contribution in [0.15, 0.2) is 66.3 Å². The Labute approximate surface area is 254 Å². The third-order valence-electron chi connectivity index (χ3n) is 13.5. The van der Waals surface area contributed by atoms with Gasteiger partial charge in [-0.2, -0.15) is 0 Å². The van der Waals surface area contributed by atoms with E-state index in [1.807, 2.05) is 30.3 Å². The lowest BCUT2D eigenvalue weighted by Gasteiger charge is -2.71. The van der Waals surface area contributed by atoms with Gasteiger partial charge in [0.25, 0.3) is 0 Å². The van der Waals surface area contributed by atoms with E-state index >= 15 is 0 Å². The van der Waals surface area contributed by atoms with Gasteiger partial charge in [-0.3, -0.25) is 9.59 Å². The largest absolute Gasteiger partial charge is 0.463 e. The summed E-state index contributed by atoms with van der Waals surface area (Å²) in [7, 11) is 0. The Morgan fingerprint density at radius 2 is 1.64 bits per heavy atom. The number of carbonyl (C=O) groups is 2. The molecule has 0 unspecified atom stereocenters. The zero-order chi connectivity index (χ0) is 30.1. The molecular formula is C39H52O3. The van der Waals surface area contributed by atoms with Gasteiger partial charge in [0.2, 0.25) is 0 Å². The number of esters is 1. The SMILES string of the molecule is CC(=O)O[C@H]1CC[C@]2(C)[C@H]3CC[C@]4(C)[C@@H]([C@H](C)/C=C/[C@H](C)C(C)C)CC[C@H]4[C@@]34C=C[C@@]2(C=C4C(=O)c2ccccc2)C1. The molecule has 0 N–H and O–H groups in total. The van der Waals surface area contributed by atoms with Crippen molar-refractivity contribution < 1.29 is 14.3 Å². The highest BCUT2D eigenvalue weighted by Crippen LogP contribution is 2.78. The van der Waals surface area contributed by atoms with Crippen molar-refractivity contribution >= 4 is 11.8 Å². The van der Waals surface area contributed by atoms with Crippen LogP contribution in [0, 0.1) is 57.2 Å². The second-order valence-corrected chi connectivity index (χ2v) is 15.6. The summed E-state index contributed by atoms with van der Waals surface area (Å²) in [4.78, 5) is 26.6. The van der Waals surface area contributed by atoms with Crippen molar-refractivity contribution in [3.63, 3.8) is 0 Å². The van der Waals surface area contributed by atoms with Gasteiger partial charge < -0.3 is 4.74 Å². The van der Waals surface area contributed by atoms with Gasteiger partial charge in [0.05, 0.1) is 0 Å². The highest BCUT2D eigenvalue weighted by Gasteiger charge is 2.72. The van der Waals surface area contributed by atoms with E-state index in [9.17, 15) is 9.59 Å². The van der Waals surface area contributed by atoms with Gasteiger partial charge in [-0.1, -0.05) is 102 Å². The minimum Gasteiger partial charge on any atom is -0.463 e. The first-order valence-electron chi connectivity index (χ1n) is 16.8. The molecule has 3 nitrogen and oxygen atoms in total. The van der Waals surface area contributed by atoms with Crippen LogP contribution in [-0.4, -0.2) is 17.9 Å². The van der Waals surface area contributed by atoms with Crippen LogP contribution >= 0.6 is 0 Å². The highest BCUT2D eigenvalue weighted by molar-refractivity contribution is 6.10. The molecule has 7 rings (SSSR count). The number of Topliss-reactive ketones (excluding diaryl/α,β-unsaturated/α-hetero) is 1. The molecule has 0 heterocycles. The number of hydrogen-bond acceptors (Lipinski definition) is 3. The number of rotatable bonds is 7. The number of fused-ring (bicyclic) bond motifs is 1. The van der Waals surface area contributed by atoms with Crippen molar-refractivity contribution in [1.29, 1.82) is 0 Å². The summed E-state index contributed by atoms with van der Waals surface area (Å²) in [5, 5.41) is 0. The standard InChI is InChI=1S/C39H52O3/c1-25(2)26(3)13-14-27(4)31-15-16-33-36(31,6)19-18-34-37(7)20-17-30(42-28(5)40)23-38(37)21-22-39(33,34)32(24-38)35(41)29-11-9-8-10-12-29/h8-14,21-22,24-27,30-31,33-34H,15-20,23H2,1-7H3/b14-13+/t26-,27+,30-,31+,33+,34+,36+,37+,38-,39-/m0/s1. The van der Waals surface area contributed by atoms with Crippen molar-refractivity contribution in [3.8, 4) is 0 Å².